The molecule has 0 aliphatic carbocycles. The van der Waals surface area contributed by atoms with Gasteiger partial charge in [-0.2, -0.15) is 0 Å². The SMILES string of the molecule is C[C@@H](O)CNCc1cccc(C(N)=O)c1. The maximum Gasteiger partial charge on any atom is 0.248 e. The summed E-state index contributed by atoms with van der Waals surface area (Å²) in [6.07, 6.45) is -0.371. The van der Waals surface area contributed by atoms with Crippen LogP contribution in [0.15, 0.2) is 24.3 Å². The zero-order valence-corrected chi connectivity index (χ0v) is 8.73. The lowest BCUT2D eigenvalue weighted by Crippen LogP contribution is -2.24. The Morgan fingerprint density at radius 1 is 1.60 bits per heavy atom. The minimum absolute atomic E-state index is 0.371. The fourth-order valence-corrected chi connectivity index (χ4v) is 1.26. The Labute approximate surface area is 89.1 Å². The van der Waals surface area contributed by atoms with Crippen molar-refractivity contribution < 1.29 is 9.90 Å². The molecule has 0 saturated carbocycles. The molecule has 1 rings (SSSR count). The summed E-state index contributed by atoms with van der Waals surface area (Å²) in [5.41, 5.74) is 6.64. The molecule has 0 unspecified atom stereocenters. The molecule has 0 heterocycles. The van der Waals surface area contributed by atoms with E-state index < -0.39 is 5.91 Å². The number of hydrogen-bond donors (Lipinski definition) is 3. The van der Waals surface area contributed by atoms with Crippen molar-refractivity contribution in [2.45, 2.75) is 19.6 Å². The average molecular weight is 208 g/mol. The van der Waals surface area contributed by atoms with Gasteiger partial charge in [0, 0.05) is 18.7 Å². The first-order valence-corrected chi connectivity index (χ1v) is 4.87. The minimum Gasteiger partial charge on any atom is -0.392 e. The van der Waals surface area contributed by atoms with Crippen LogP contribution in [0.3, 0.4) is 0 Å². The molecule has 0 aliphatic rings. The second-order valence-corrected chi connectivity index (χ2v) is 3.54. The number of carbonyl (C=O) groups excluding carboxylic acids is 1. The highest BCUT2D eigenvalue weighted by molar-refractivity contribution is 5.92. The fraction of sp³-hybridized carbons (Fsp3) is 0.364. The molecule has 1 atom stereocenters. The number of benzene rings is 1. The Morgan fingerprint density at radius 2 is 2.33 bits per heavy atom. The van der Waals surface area contributed by atoms with Gasteiger partial charge in [0.1, 0.15) is 0 Å². The van der Waals surface area contributed by atoms with Gasteiger partial charge in [0.05, 0.1) is 6.10 Å². The van der Waals surface area contributed by atoms with Crippen LogP contribution in [0.25, 0.3) is 0 Å². The van der Waals surface area contributed by atoms with Crippen molar-refractivity contribution in [1.29, 1.82) is 0 Å². The third-order valence-electron chi connectivity index (χ3n) is 1.98. The molecule has 0 saturated heterocycles. The molecule has 4 nitrogen and oxygen atoms in total. The summed E-state index contributed by atoms with van der Waals surface area (Å²) >= 11 is 0. The zero-order valence-electron chi connectivity index (χ0n) is 8.73. The summed E-state index contributed by atoms with van der Waals surface area (Å²) < 4.78 is 0. The topological polar surface area (TPSA) is 75.3 Å². The van der Waals surface area contributed by atoms with Crippen LogP contribution in [-0.2, 0) is 6.54 Å². The predicted molar refractivity (Wildman–Crippen MR) is 58.3 cm³/mol. The largest absolute Gasteiger partial charge is 0.392 e. The van der Waals surface area contributed by atoms with E-state index in [9.17, 15) is 4.79 Å². The molecular formula is C11H16N2O2. The number of amides is 1. The van der Waals surface area contributed by atoms with Crippen LogP contribution in [0.5, 0.6) is 0 Å². The Morgan fingerprint density at radius 3 is 2.93 bits per heavy atom. The Hall–Kier alpha value is -1.39. The highest BCUT2D eigenvalue weighted by Crippen LogP contribution is 2.04. The highest BCUT2D eigenvalue weighted by Gasteiger charge is 2.01. The van der Waals surface area contributed by atoms with E-state index in [0.717, 1.165) is 5.56 Å². The summed E-state index contributed by atoms with van der Waals surface area (Å²) in [6.45, 7) is 2.86. The lowest BCUT2D eigenvalue weighted by Gasteiger charge is -2.07. The minimum atomic E-state index is -0.424. The van der Waals surface area contributed by atoms with Gasteiger partial charge in [0.15, 0.2) is 0 Å². The van der Waals surface area contributed by atoms with Crippen molar-refractivity contribution in [3.63, 3.8) is 0 Å². The third kappa shape index (κ3) is 4.10. The first kappa shape index (κ1) is 11.7. The van der Waals surface area contributed by atoms with E-state index in [2.05, 4.69) is 5.32 Å². The summed E-state index contributed by atoms with van der Waals surface area (Å²) in [6, 6.07) is 7.12. The summed E-state index contributed by atoms with van der Waals surface area (Å²) in [4.78, 5) is 10.9. The first-order chi connectivity index (χ1) is 7.09. The van der Waals surface area contributed by atoms with Crippen LogP contribution in [0.4, 0.5) is 0 Å². The fourth-order valence-electron chi connectivity index (χ4n) is 1.26. The van der Waals surface area contributed by atoms with Crippen LogP contribution in [0.2, 0.25) is 0 Å². The van der Waals surface area contributed by atoms with Crippen molar-refractivity contribution in [3.05, 3.63) is 35.4 Å². The molecule has 0 spiro atoms. The second kappa shape index (κ2) is 5.48. The first-order valence-electron chi connectivity index (χ1n) is 4.87. The quantitative estimate of drug-likeness (QED) is 0.649. The van der Waals surface area contributed by atoms with Crippen molar-refractivity contribution >= 4 is 5.91 Å². The lowest BCUT2D eigenvalue weighted by atomic mass is 10.1. The van der Waals surface area contributed by atoms with Gasteiger partial charge in [-0.05, 0) is 24.6 Å². The molecule has 1 amide bonds. The number of hydrogen-bond acceptors (Lipinski definition) is 3. The number of rotatable bonds is 5. The van der Waals surface area contributed by atoms with E-state index in [1.165, 1.54) is 0 Å². The van der Waals surface area contributed by atoms with E-state index in [0.29, 0.717) is 18.7 Å². The van der Waals surface area contributed by atoms with Gasteiger partial charge in [0.2, 0.25) is 5.91 Å². The lowest BCUT2D eigenvalue weighted by molar-refractivity contribution is 0.1000. The van der Waals surface area contributed by atoms with Crippen molar-refractivity contribution in [3.8, 4) is 0 Å². The summed E-state index contributed by atoms with van der Waals surface area (Å²) in [7, 11) is 0. The van der Waals surface area contributed by atoms with Crippen LogP contribution in [0, 0.1) is 0 Å². The van der Waals surface area contributed by atoms with Crippen molar-refractivity contribution in [1.82, 2.24) is 5.32 Å². The summed E-state index contributed by atoms with van der Waals surface area (Å²) in [5.74, 6) is -0.424. The van der Waals surface area contributed by atoms with Crippen LogP contribution >= 0.6 is 0 Å². The number of aliphatic hydroxyl groups excluding tert-OH is 1. The standard InChI is InChI=1S/C11H16N2O2/c1-8(14)6-13-7-9-3-2-4-10(5-9)11(12)15/h2-5,8,13-14H,6-7H2,1H3,(H2,12,15)/t8-/m1/s1. The Balaban J connectivity index is 2.54. The number of aliphatic hydroxyl groups is 1. The van der Waals surface area contributed by atoms with Gasteiger partial charge in [-0.1, -0.05) is 12.1 Å². The number of nitrogens with two attached hydrogens (primary N) is 1. The van der Waals surface area contributed by atoms with Crippen LogP contribution in [0.1, 0.15) is 22.8 Å². The molecule has 0 bridgehead atoms. The Bertz CT molecular complexity index is 337. The predicted octanol–water partition coefficient (Wildman–Crippen LogP) is 0.256. The molecular weight excluding hydrogens is 192 g/mol. The molecule has 0 aromatic heterocycles. The molecule has 0 fully saturated rings. The maximum atomic E-state index is 10.9. The summed E-state index contributed by atoms with van der Waals surface area (Å²) in [5, 5.41) is 12.1. The van der Waals surface area contributed by atoms with Crippen LogP contribution in [-0.4, -0.2) is 23.7 Å². The van der Waals surface area contributed by atoms with Gasteiger partial charge in [0.25, 0.3) is 0 Å². The van der Waals surface area contributed by atoms with Gasteiger partial charge in [-0.15, -0.1) is 0 Å². The van der Waals surface area contributed by atoms with E-state index in [1.54, 1.807) is 25.1 Å². The molecule has 1 aromatic rings. The van der Waals surface area contributed by atoms with Crippen LogP contribution < -0.4 is 11.1 Å². The highest BCUT2D eigenvalue weighted by atomic mass is 16.3. The molecule has 4 heteroatoms. The van der Waals surface area contributed by atoms with Gasteiger partial charge in [-0.25, -0.2) is 0 Å². The zero-order chi connectivity index (χ0) is 11.3. The number of primary amides is 1. The number of nitrogens with one attached hydrogen (secondary N) is 1. The van der Waals surface area contributed by atoms with E-state index in [4.69, 9.17) is 10.8 Å². The smallest absolute Gasteiger partial charge is 0.248 e. The second-order valence-electron chi connectivity index (χ2n) is 3.54. The van der Waals surface area contributed by atoms with E-state index in [-0.39, 0.29) is 6.10 Å². The third-order valence-corrected chi connectivity index (χ3v) is 1.98. The Kier molecular flexibility index (Phi) is 4.27. The maximum absolute atomic E-state index is 10.9. The number of carbonyl (C=O) groups is 1. The van der Waals surface area contributed by atoms with Gasteiger partial charge < -0.3 is 16.2 Å². The average Bonchev–Trinajstić information content (AvgIpc) is 2.17. The molecule has 0 radical (unpaired) electrons. The monoisotopic (exact) mass is 208 g/mol. The normalized spacial score (nSPS) is 12.4. The van der Waals surface area contributed by atoms with Gasteiger partial charge in [-0.3, -0.25) is 4.79 Å². The van der Waals surface area contributed by atoms with E-state index in [1.807, 2.05) is 6.07 Å². The molecule has 15 heavy (non-hydrogen) atoms. The molecule has 4 N–H and O–H groups in total. The molecule has 0 aliphatic heterocycles. The molecule has 82 valence electrons. The van der Waals surface area contributed by atoms with E-state index >= 15 is 0 Å². The van der Waals surface area contributed by atoms with Crippen molar-refractivity contribution in [2.75, 3.05) is 6.54 Å². The van der Waals surface area contributed by atoms with Crippen molar-refractivity contribution in [2.24, 2.45) is 5.73 Å². The van der Waals surface area contributed by atoms with Gasteiger partial charge >= 0.3 is 0 Å². The molecule has 1 aromatic carbocycles.